The lowest BCUT2D eigenvalue weighted by Crippen LogP contribution is -2.31. The number of aliphatic imine (C=N–C) groups is 3. The minimum atomic E-state index is -0.306. The lowest BCUT2D eigenvalue weighted by atomic mass is 9.72. The van der Waals surface area contributed by atoms with Crippen molar-refractivity contribution in [3.05, 3.63) is 0 Å². The van der Waals surface area contributed by atoms with E-state index in [0.717, 1.165) is 0 Å². The minimum Gasteiger partial charge on any atom is -0.211 e. The fourth-order valence-electron chi connectivity index (χ4n) is 2.28. The van der Waals surface area contributed by atoms with Crippen LogP contribution < -0.4 is 0 Å². The molecule has 0 saturated heterocycles. The molecular formula is C13H19N3O3. The summed E-state index contributed by atoms with van der Waals surface area (Å²) < 4.78 is 0. The van der Waals surface area contributed by atoms with Gasteiger partial charge in [-0.2, -0.15) is 0 Å². The van der Waals surface area contributed by atoms with E-state index >= 15 is 0 Å². The zero-order valence-electron chi connectivity index (χ0n) is 11.6. The first-order valence-electron chi connectivity index (χ1n) is 6.00. The molecular weight excluding hydrogens is 246 g/mol. The molecule has 0 spiro atoms. The van der Waals surface area contributed by atoms with E-state index in [4.69, 9.17) is 0 Å². The van der Waals surface area contributed by atoms with E-state index in [1.165, 1.54) is 18.2 Å². The van der Waals surface area contributed by atoms with E-state index < -0.39 is 0 Å². The summed E-state index contributed by atoms with van der Waals surface area (Å²) in [5, 5.41) is 0. The highest BCUT2D eigenvalue weighted by Gasteiger charge is 2.32. The number of hydrogen-bond donors (Lipinski definition) is 0. The van der Waals surface area contributed by atoms with Gasteiger partial charge in [0.2, 0.25) is 18.2 Å². The molecule has 6 heteroatoms. The predicted molar refractivity (Wildman–Crippen MR) is 70.1 cm³/mol. The van der Waals surface area contributed by atoms with Gasteiger partial charge >= 0.3 is 0 Å². The van der Waals surface area contributed by atoms with Crippen molar-refractivity contribution < 1.29 is 14.4 Å². The molecule has 19 heavy (non-hydrogen) atoms. The molecule has 0 rings (SSSR count). The van der Waals surface area contributed by atoms with Crippen molar-refractivity contribution in [2.75, 3.05) is 19.6 Å². The monoisotopic (exact) mass is 265 g/mol. The van der Waals surface area contributed by atoms with Gasteiger partial charge in [-0.15, -0.1) is 0 Å². The largest absolute Gasteiger partial charge is 0.234 e. The van der Waals surface area contributed by atoms with Crippen molar-refractivity contribution in [2.45, 2.75) is 33.6 Å². The molecule has 0 heterocycles. The molecule has 0 N–H and O–H groups in total. The lowest BCUT2D eigenvalue weighted by Gasteiger charge is -2.35. The number of carbonyl (C=O) groups excluding carboxylic acids is 3. The summed E-state index contributed by atoms with van der Waals surface area (Å²) in [6, 6.07) is 0. The van der Waals surface area contributed by atoms with E-state index in [1.807, 2.05) is 20.8 Å². The van der Waals surface area contributed by atoms with Gasteiger partial charge in [0.05, 0.1) is 19.6 Å². The van der Waals surface area contributed by atoms with Crippen molar-refractivity contribution in [2.24, 2.45) is 25.8 Å². The highest BCUT2D eigenvalue weighted by atomic mass is 16.1. The molecule has 104 valence electrons. The second-order valence-electron chi connectivity index (χ2n) is 5.69. The third-order valence-electron chi connectivity index (χ3n) is 2.89. The highest BCUT2D eigenvalue weighted by molar-refractivity contribution is 5.33. The number of nitrogens with zero attached hydrogens (tertiary/aromatic N) is 3. The maximum atomic E-state index is 10.3. The Morgan fingerprint density at radius 1 is 0.842 bits per heavy atom. The Kier molecular flexibility index (Phi) is 7.47. The van der Waals surface area contributed by atoms with Crippen molar-refractivity contribution in [1.29, 1.82) is 0 Å². The maximum Gasteiger partial charge on any atom is 0.234 e. The number of hydrogen-bond acceptors (Lipinski definition) is 6. The van der Waals surface area contributed by atoms with Crippen LogP contribution in [0.3, 0.4) is 0 Å². The predicted octanol–water partition coefficient (Wildman–Crippen LogP) is 1.81. The van der Waals surface area contributed by atoms with Crippen LogP contribution in [0.2, 0.25) is 0 Å². The fraction of sp³-hybridized carbons (Fsp3) is 0.769. The Hall–Kier alpha value is -1.86. The fourth-order valence-corrected chi connectivity index (χ4v) is 2.28. The summed E-state index contributed by atoms with van der Waals surface area (Å²) in [6.45, 7) is 6.90. The lowest BCUT2D eigenvalue weighted by molar-refractivity contribution is 0.180. The third kappa shape index (κ3) is 7.96. The Balaban J connectivity index is 4.85. The molecule has 0 saturated carbocycles. The molecule has 0 aromatic carbocycles. The van der Waals surface area contributed by atoms with E-state index in [2.05, 4.69) is 15.0 Å². The highest BCUT2D eigenvalue weighted by Crippen LogP contribution is 2.37. The average Bonchev–Trinajstić information content (AvgIpc) is 2.34. The van der Waals surface area contributed by atoms with Crippen LogP contribution in [0.5, 0.6) is 0 Å². The maximum absolute atomic E-state index is 10.3. The van der Waals surface area contributed by atoms with Gasteiger partial charge in [0.15, 0.2) is 0 Å². The van der Waals surface area contributed by atoms with Gasteiger partial charge in [-0.25, -0.2) is 29.4 Å². The molecule has 1 unspecified atom stereocenters. The van der Waals surface area contributed by atoms with Gasteiger partial charge in [-0.3, -0.25) is 0 Å². The second-order valence-corrected chi connectivity index (χ2v) is 5.69. The number of isocyanates is 3. The molecule has 0 aromatic rings. The van der Waals surface area contributed by atoms with Crippen molar-refractivity contribution in [3.63, 3.8) is 0 Å². The van der Waals surface area contributed by atoms with Gasteiger partial charge in [0.25, 0.3) is 0 Å². The van der Waals surface area contributed by atoms with E-state index in [1.54, 1.807) is 0 Å². The normalized spacial score (nSPS) is 13.4. The Morgan fingerprint density at radius 2 is 1.37 bits per heavy atom. The summed E-state index contributed by atoms with van der Waals surface area (Å²) in [7, 11) is 0. The topological polar surface area (TPSA) is 88.3 Å². The summed E-state index contributed by atoms with van der Waals surface area (Å²) in [4.78, 5) is 41.3. The van der Waals surface area contributed by atoms with Crippen LogP contribution >= 0.6 is 0 Å². The SMILES string of the molecule is CC(C)(CN=C=O)CC(C)(CCN=C=O)CN=C=O. The summed E-state index contributed by atoms with van der Waals surface area (Å²) in [5.41, 5.74) is -0.533. The van der Waals surface area contributed by atoms with Gasteiger partial charge in [-0.1, -0.05) is 20.8 Å². The Morgan fingerprint density at radius 3 is 1.89 bits per heavy atom. The molecule has 0 aliphatic heterocycles. The number of rotatable bonds is 9. The molecule has 1 atom stereocenters. The molecule has 6 nitrogen and oxygen atoms in total. The van der Waals surface area contributed by atoms with Crippen LogP contribution in [-0.4, -0.2) is 37.9 Å². The van der Waals surface area contributed by atoms with Crippen LogP contribution in [0.4, 0.5) is 0 Å². The Bertz CT molecular complexity index is 428. The van der Waals surface area contributed by atoms with Crippen molar-refractivity contribution >= 4 is 18.2 Å². The van der Waals surface area contributed by atoms with Crippen molar-refractivity contribution in [3.8, 4) is 0 Å². The molecule has 0 aliphatic rings. The molecule has 0 aromatic heterocycles. The first kappa shape index (κ1) is 17.1. The van der Waals surface area contributed by atoms with Gasteiger partial charge in [-0.05, 0) is 23.7 Å². The molecule has 0 bridgehead atoms. The van der Waals surface area contributed by atoms with Crippen LogP contribution in [0.15, 0.2) is 15.0 Å². The smallest absolute Gasteiger partial charge is 0.211 e. The van der Waals surface area contributed by atoms with Gasteiger partial charge < -0.3 is 0 Å². The van der Waals surface area contributed by atoms with Crippen molar-refractivity contribution in [1.82, 2.24) is 0 Å². The van der Waals surface area contributed by atoms with Crippen LogP contribution in [0.25, 0.3) is 0 Å². The summed E-state index contributed by atoms with van der Waals surface area (Å²) >= 11 is 0. The van der Waals surface area contributed by atoms with E-state index in [-0.39, 0.29) is 10.8 Å². The van der Waals surface area contributed by atoms with Gasteiger partial charge in [0.1, 0.15) is 0 Å². The van der Waals surface area contributed by atoms with Gasteiger partial charge in [0, 0.05) is 0 Å². The zero-order chi connectivity index (χ0) is 14.8. The molecule has 0 radical (unpaired) electrons. The van der Waals surface area contributed by atoms with E-state index in [0.29, 0.717) is 32.5 Å². The zero-order valence-corrected chi connectivity index (χ0v) is 11.6. The third-order valence-corrected chi connectivity index (χ3v) is 2.89. The standard InChI is InChI=1S/C13H19N3O3/c1-12(2,7-15-10-18)6-13(3,8-16-11-19)4-5-14-9-17/h4-8H2,1-3H3. The van der Waals surface area contributed by atoms with Crippen LogP contribution in [0.1, 0.15) is 33.6 Å². The quantitative estimate of drug-likeness (QED) is 0.470. The molecule has 0 amide bonds. The van der Waals surface area contributed by atoms with Crippen LogP contribution in [-0.2, 0) is 14.4 Å². The Labute approximate surface area is 112 Å². The average molecular weight is 265 g/mol. The van der Waals surface area contributed by atoms with E-state index in [9.17, 15) is 14.4 Å². The second kappa shape index (κ2) is 8.28. The summed E-state index contributed by atoms with van der Waals surface area (Å²) in [5.74, 6) is 0. The van der Waals surface area contributed by atoms with Crippen LogP contribution in [0, 0.1) is 10.8 Å². The first-order valence-corrected chi connectivity index (χ1v) is 6.00. The molecule has 0 fully saturated rings. The minimum absolute atomic E-state index is 0.227. The molecule has 0 aliphatic carbocycles. The first-order chi connectivity index (χ1) is 8.89. The summed E-state index contributed by atoms with van der Waals surface area (Å²) in [6.07, 6.45) is 5.82.